The number of primary amides is 1. The van der Waals surface area contributed by atoms with Gasteiger partial charge in [-0.1, -0.05) is 32.9 Å². The van der Waals surface area contributed by atoms with Crippen LogP contribution in [0.1, 0.15) is 49.9 Å². The lowest BCUT2D eigenvalue weighted by molar-refractivity contribution is -0.141. The van der Waals surface area contributed by atoms with Crippen LogP contribution in [0.5, 0.6) is 5.75 Å². The number of urea groups is 1. The number of nitrogens with two attached hydrogens (primary N) is 1. The Hall–Kier alpha value is -3.09. The SMILES string of the molecule is CC(C)(C)CC(=O)N1CC(Oc2ccc(C3c4ccncc4CN3C(N)=O)cc2)C1. The number of aromatic nitrogens is 1. The van der Waals surface area contributed by atoms with Crippen LogP contribution >= 0.6 is 0 Å². The van der Waals surface area contributed by atoms with E-state index in [1.54, 1.807) is 17.3 Å². The van der Waals surface area contributed by atoms with Crippen LogP contribution in [-0.4, -0.2) is 45.9 Å². The molecule has 1 aromatic carbocycles. The number of benzene rings is 1. The van der Waals surface area contributed by atoms with Gasteiger partial charge in [-0.3, -0.25) is 9.78 Å². The first-order valence-corrected chi connectivity index (χ1v) is 10.2. The van der Waals surface area contributed by atoms with Gasteiger partial charge in [0.2, 0.25) is 5.91 Å². The van der Waals surface area contributed by atoms with Crippen molar-refractivity contribution in [2.75, 3.05) is 13.1 Å². The third-order valence-electron chi connectivity index (χ3n) is 5.55. The minimum absolute atomic E-state index is 0.00737. The maximum Gasteiger partial charge on any atom is 0.315 e. The number of ether oxygens (including phenoxy) is 1. The van der Waals surface area contributed by atoms with Crippen molar-refractivity contribution in [3.05, 3.63) is 59.4 Å². The zero-order chi connectivity index (χ0) is 21.5. The van der Waals surface area contributed by atoms with Crippen LogP contribution in [0.25, 0.3) is 0 Å². The van der Waals surface area contributed by atoms with Gasteiger partial charge in [-0.05, 0) is 40.3 Å². The Morgan fingerprint density at radius 1 is 1.17 bits per heavy atom. The number of amides is 3. The molecule has 2 N–H and O–H groups in total. The second-order valence-electron chi connectivity index (χ2n) is 9.29. The largest absolute Gasteiger partial charge is 0.487 e. The maximum absolute atomic E-state index is 12.2. The van der Waals surface area contributed by atoms with Crippen molar-refractivity contribution in [2.24, 2.45) is 11.1 Å². The zero-order valence-corrected chi connectivity index (χ0v) is 17.7. The standard InChI is InChI=1S/C23H28N4O3/c1-23(2,3)10-20(28)26-13-18(14-26)30-17-6-4-15(5-7-17)21-19-8-9-25-11-16(19)12-27(21)22(24)29/h4-9,11,18,21H,10,12-14H2,1-3H3,(H2,24,29). The summed E-state index contributed by atoms with van der Waals surface area (Å²) in [6.07, 6.45) is 4.08. The molecule has 0 aliphatic carbocycles. The van der Waals surface area contributed by atoms with Gasteiger partial charge >= 0.3 is 6.03 Å². The highest BCUT2D eigenvalue weighted by molar-refractivity contribution is 5.77. The molecule has 7 heteroatoms. The van der Waals surface area contributed by atoms with Crippen LogP contribution < -0.4 is 10.5 Å². The first kappa shape index (κ1) is 20.2. The average Bonchev–Trinajstić information content (AvgIpc) is 3.03. The van der Waals surface area contributed by atoms with Crippen LogP contribution in [0.4, 0.5) is 4.79 Å². The van der Waals surface area contributed by atoms with E-state index < -0.39 is 6.03 Å². The quantitative estimate of drug-likeness (QED) is 0.842. The van der Waals surface area contributed by atoms with E-state index in [9.17, 15) is 9.59 Å². The van der Waals surface area contributed by atoms with Crippen molar-refractivity contribution in [3.8, 4) is 5.75 Å². The molecule has 3 amide bonds. The molecule has 1 aromatic heterocycles. The number of hydrogen-bond donors (Lipinski definition) is 1. The highest BCUT2D eigenvalue weighted by Gasteiger charge is 2.35. The molecule has 1 fully saturated rings. The van der Waals surface area contributed by atoms with E-state index in [0.717, 1.165) is 22.4 Å². The lowest BCUT2D eigenvalue weighted by Crippen LogP contribution is -2.56. The van der Waals surface area contributed by atoms with Gasteiger partial charge in [0.05, 0.1) is 25.7 Å². The summed E-state index contributed by atoms with van der Waals surface area (Å²) in [5.41, 5.74) is 8.63. The van der Waals surface area contributed by atoms with Gasteiger partial charge in [0.1, 0.15) is 11.9 Å². The van der Waals surface area contributed by atoms with Gasteiger partial charge in [0, 0.05) is 18.8 Å². The Bertz CT molecular complexity index is 946. The maximum atomic E-state index is 12.2. The summed E-state index contributed by atoms with van der Waals surface area (Å²) in [6, 6.07) is 9.01. The minimum Gasteiger partial charge on any atom is -0.487 e. The Morgan fingerprint density at radius 3 is 2.50 bits per heavy atom. The number of pyridine rings is 1. The van der Waals surface area contributed by atoms with E-state index in [1.165, 1.54) is 0 Å². The fraction of sp³-hybridized carbons (Fsp3) is 0.435. The number of nitrogens with zero attached hydrogens (tertiary/aromatic N) is 3. The highest BCUT2D eigenvalue weighted by Crippen LogP contribution is 2.38. The number of rotatable bonds is 4. The number of likely N-dealkylation sites (tertiary alicyclic amines) is 1. The summed E-state index contributed by atoms with van der Waals surface area (Å²) < 4.78 is 6.01. The van der Waals surface area contributed by atoms with Crippen LogP contribution in [0.2, 0.25) is 0 Å². The second-order valence-corrected chi connectivity index (χ2v) is 9.29. The molecule has 7 nitrogen and oxygen atoms in total. The van der Waals surface area contributed by atoms with Crippen LogP contribution in [-0.2, 0) is 11.3 Å². The van der Waals surface area contributed by atoms with Crippen LogP contribution in [0.15, 0.2) is 42.7 Å². The number of carbonyl (C=O) groups excluding carboxylic acids is 2. The first-order chi connectivity index (χ1) is 14.2. The second kappa shape index (κ2) is 7.63. The van der Waals surface area contributed by atoms with Crippen molar-refractivity contribution in [3.63, 3.8) is 0 Å². The predicted octanol–water partition coefficient (Wildman–Crippen LogP) is 3.09. The van der Waals surface area contributed by atoms with Crippen molar-refractivity contribution < 1.29 is 14.3 Å². The van der Waals surface area contributed by atoms with E-state index in [-0.39, 0.29) is 23.5 Å². The summed E-state index contributed by atoms with van der Waals surface area (Å²) >= 11 is 0. The Balaban J connectivity index is 1.39. The summed E-state index contributed by atoms with van der Waals surface area (Å²) in [5, 5.41) is 0. The summed E-state index contributed by atoms with van der Waals surface area (Å²) in [4.78, 5) is 31.8. The van der Waals surface area contributed by atoms with Crippen molar-refractivity contribution >= 4 is 11.9 Å². The van der Waals surface area contributed by atoms with Crippen LogP contribution in [0.3, 0.4) is 0 Å². The first-order valence-electron chi connectivity index (χ1n) is 10.2. The number of hydrogen-bond acceptors (Lipinski definition) is 4. The van der Waals surface area contributed by atoms with Gasteiger partial charge in [0.25, 0.3) is 0 Å². The zero-order valence-electron chi connectivity index (χ0n) is 17.7. The van der Waals surface area contributed by atoms with Crippen molar-refractivity contribution in [1.82, 2.24) is 14.8 Å². The molecule has 4 rings (SSSR count). The third-order valence-corrected chi connectivity index (χ3v) is 5.55. The Labute approximate surface area is 176 Å². The fourth-order valence-corrected chi connectivity index (χ4v) is 4.05. The van der Waals surface area contributed by atoms with Crippen molar-refractivity contribution in [1.29, 1.82) is 0 Å². The number of fused-ring (bicyclic) bond motifs is 1. The van der Waals surface area contributed by atoms with E-state index in [2.05, 4.69) is 25.8 Å². The van der Waals surface area contributed by atoms with Gasteiger partial charge in [-0.2, -0.15) is 0 Å². The fourth-order valence-electron chi connectivity index (χ4n) is 4.05. The van der Waals surface area contributed by atoms with Crippen LogP contribution in [0, 0.1) is 5.41 Å². The van der Waals surface area contributed by atoms with E-state index in [1.807, 2.05) is 35.2 Å². The average molecular weight is 409 g/mol. The molecule has 0 radical (unpaired) electrons. The summed E-state index contributed by atoms with van der Waals surface area (Å²) in [7, 11) is 0. The molecule has 2 aromatic rings. The van der Waals surface area contributed by atoms with Gasteiger partial charge in [0.15, 0.2) is 0 Å². The molecule has 2 aliphatic rings. The molecule has 0 saturated carbocycles. The molecule has 3 heterocycles. The molecule has 1 saturated heterocycles. The molecule has 1 atom stereocenters. The monoisotopic (exact) mass is 408 g/mol. The lowest BCUT2D eigenvalue weighted by atomic mass is 9.91. The molecular formula is C23H28N4O3. The highest BCUT2D eigenvalue weighted by atomic mass is 16.5. The third kappa shape index (κ3) is 4.10. The van der Waals surface area contributed by atoms with E-state index in [0.29, 0.717) is 26.1 Å². The molecule has 2 aliphatic heterocycles. The number of carbonyl (C=O) groups is 2. The normalized spacial score (nSPS) is 18.7. The molecule has 30 heavy (non-hydrogen) atoms. The smallest absolute Gasteiger partial charge is 0.315 e. The molecule has 1 unspecified atom stereocenters. The van der Waals surface area contributed by atoms with Crippen molar-refractivity contribution in [2.45, 2.75) is 45.9 Å². The summed E-state index contributed by atoms with van der Waals surface area (Å²) in [6.45, 7) is 7.91. The lowest BCUT2D eigenvalue weighted by Gasteiger charge is -2.40. The minimum atomic E-state index is -0.453. The molecule has 158 valence electrons. The van der Waals surface area contributed by atoms with Gasteiger partial charge in [-0.25, -0.2) is 4.79 Å². The summed E-state index contributed by atoms with van der Waals surface area (Å²) in [5.74, 6) is 0.934. The molecular weight excluding hydrogens is 380 g/mol. The molecule has 0 bridgehead atoms. The van der Waals surface area contributed by atoms with E-state index in [4.69, 9.17) is 10.5 Å². The predicted molar refractivity (Wildman–Crippen MR) is 113 cm³/mol. The van der Waals surface area contributed by atoms with E-state index >= 15 is 0 Å². The molecule has 0 spiro atoms. The Morgan fingerprint density at radius 2 is 1.87 bits per heavy atom. The Kier molecular flexibility index (Phi) is 5.13. The topological polar surface area (TPSA) is 88.8 Å². The van der Waals surface area contributed by atoms with Gasteiger partial charge in [-0.15, -0.1) is 0 Å². The van der Waals surface area contributed by atoms with Gasteiger partial charge < -0.3 is 20.3 Å².